The number of carbonyl (C=O) groups excluding carboxylic acids is 2. The predicted molar refractivity (Wildman–Crippen MR) is 121 cm³/mol. The highest BCUT2D eigenvalue weighted by Crippen LogP contribution is 2.24. The summed E-state index contributed by atoms with van der Waals surface area (Å²) >= 11 is 0. The molecule has 0 aliphatic carbocycles. The summed E-state index contributed by atoms with van der Waals surface area (Å²) in [5, 5.41) is 4.10. The van der Waals surface area contributed by atoms with Crippen LogP contribution in [0.25, 0.3) is 10.9 Å². The standard InChI is InChI=1S/C25H28N4O2/c1-16-7-8-17(2)19(11-16)14-28-9-10-29-23(15-28)24(30)27-22(25(29)31)12-18-13-26-21-6-4-3-5-20(18)21/h3-8,11,13,22-23,26H,9-10,12,14-15H2,1-2H3,(H,27,30)/t22-,23+/m0/s1. The van der Waals surface area contributed by atoms with Gasteiger partial charge in [0.1, 0.15) is 12.1 Å². The molecule has 2 N–H and O–H groups in total. The molecular weight excluding hydrogens is 388 g/mol. The average Bonchev–Trinajstić information content (AvgIpc) is 3.17. The third-order valence-corrected chi connectivity index (χ3v) is 6.66. The first-order valence-electron chi connectivity index (χ1n) is 10.9. The molecule has 2 amide bonds. The maximum Gasteiger partial charge on any atom is 0.246 e. The minimum Gasteiger partial charge on any atom is -0.361 e. The van der Waals surface area contributed by atoms with Crippen molar-refractivity contribution in [2.75, 3.05) is 19.6 Å². The van der Waals surface area contributed by atoms with Crippen molar-refractivity contribution >= 4 is 22.7 Å². The molecule has 160 valence electrons. The molecule has 3 heterocycles. The van der Waals surface area contributed by atoms with Gasteiger partial charge in [0.05, 0.1) is 0 Å². The molecule has 2 aliphatic heterocycles. The van der Waals surface area contributed by atoms with E-state index in [1.807, 2.05) is 30.5 Å². The number of nitrogens with zero attached hydrogens (tertiary/aromatic N) is 2. The van der Waals surface area contributed by atoms with Crippen molar-refractivity contribution in [2.45, 2.75) is 38.9 Å². The maximum absolute atomic E-state index is 13.2. The van der Waals surface area contributed by atoms with E-state index in [-0.39, 0.29) is 11.8 Å². The van der Waals surface area contributed by atoms with Crippen molar-refractivity contribution in [3.8, 4) is 0 Å². The number of H-pyrrole nitrogens is 1. The number of piperazine rings is 2. The number of rotatable bonds is 4. The summed E-state index contributed by atoms with van der Waals surface area (Å²) < 4.78 is 0. The van der Waals surface area contributed by atoms with E-state index in [0.29, 0.717) is 19.5 Å². The van der Waals surface area contributed by atoms with Gasteiger partial charge in [0.25, 0.3) is 0 Å². The number of hydrogen-bond acceptors (Lipinski definition) is 3. The molecule has 2 aliphatic rings. The van der Waals surface area contributed by atoms with Crippen LogP contribution in [0.15, 0.2) is 48.7 Å². The number of aryl methyl sites for hydroxylation is 2. The molecule has 2 atom stereocenters. The number of carbonyl (C=O) groups is 2. The molecule has 5 rings (SSSR count). The lowest BCUT2D eigenvalue weighted by atomic mass is 9.98. The van der Waals surface area contributed by atoms with Crippen molar-refractivity contribution in [3.63, 3.8) is 0 Å². The molecule has 2 aromatic carbocycles. The van der Waals surface area contributed by atoms with Gasteiger partial charge in [-0.15, -0.1) is 0 Å². The molecule has 0 spiro atoms. The fourth-order valence-electron chi connectivity index (χ4n) is 4.87. The minimum atomic E-state index is -0.506. The molecule has 6 nitrogen and oxygen atoms in total. The zero-order chi connectivity index (χ0) is 21.5. The fourth-order valence-corrected chi connectivity index (χ4v) is 4.87. The molecule has 0 bridgehead atoms. The molecule has 1 aromatic heterocycles. The summed E-state index contributed by atoms with van der Waals surface area (Å²) in [7, 11) is 0. The monoisotopic (exact) mass is 416 g/mol. The van der Waals surface area contributed by atoms with Gasteiger partial charge in [-0.25, -0.2) is 0 Å². The first kappa shape index (κ1) is 19.8. The van der Waals surface area contributed by atoms with E-state index < -0.39 is 12.1 Å². The number of benzene rings is 2. The lowest BCUT2D eigenvalue weighted by Crippen LogP contribution is -2.69. The summed E-state index contributed by atoms with van der Waals surface area (Å²) in [6, 6.07) is 13.6. The van der Waals surface area contributed by atoms with Crippen LogP contribution in [0.5, 0.6) is 0 Å². The Bertz CT molecular complexity index is 1150. The smallest absolute Gasteiger partial charge is 0.246 e. The van der Waals surface area contributed by atoms with E-state index in [2.05, 4.69) is 47.2 Å². The van der Waals surface area contributed by atoms with Gasteiger partial charge in [-0.3, -0.25) is 14.5 Å². The lowest BCUT2D eigenvalue weighted by Gasteiger charge is -2.45. The van der Waals surface area contributed by atoms with Crippen LogP contribution in [0.4, 0.5) is 0 Å². The highest BCUT2D eigenvalue weighted by atomic mass is 16.2. The molecule has 0 radical (unpaired) electrons. The zero-order valence-electron chi connectivity index (χ0n) is 18.0. The molecule has 2 saturated heterocycles. The second kappa shape index (κ2) is 7.85. The maximum atomic E-state index is 13.2. The Labute approximate surface area is 182 Å². The van der Waals surface area contributed by atoms with E-state index in [1.54, 1.807) is 4.90 Å². The molecule has 2 fully saturated rings. The number of aromatic amines is 1. The van der Waals surface area contributed by atoms with E-state index in [4.69, 9.17) is 0 Å². The van der Waals surface area contributed by atoms with Gasteiger partial charge in [0.2, 0.25) is 11.8 Å². The Kier molecular flexibility index (Phi) is 5.02. The number of hydrogen-bond donors (Lipinski definition) is 2. The number of nitrogens with one attached hydrogen (secondary N) is 2. The third kappa shape index (κ3) is 3.72. The Morgan fingerprint density at radius 2 is 1.87 bits per heavy atom. The lowest BCUT2D eigenvalue weighted by molar-refractivity contribution is -0.153. The zero-order valence-corrected chi connectivity index (χ0v) is 18.0. The second-order valence-electron chi connectivity index (χ2n) is 8.84. The van der Waals surface area contributed by atoms with Crippen LogP contribution >= 0.6 is 0 Å². The topological polar surface area (TPSA) is 68.4 Å². The van der Waals surface area contributed by atoms with Crippen molar-refractivity contribution in [3.05, 3.63) is 70.9 Å². The Balaban J connectivity index is 1.29. The summed E-state index contributed by atoms with van der Waals surface area (Å²) in [5.74, 6) is -0.0172. The minimum absolute atomic E-state index is 0.0290. The number of para-hydroxylation sites is 1. The van der Waals surface area contributed by atoms with Gasteiger partial charge in [0.15, 0.2) is 0 Å². The van der Waals surface area contributed by atoms with E-state index in [0.717, 1.165) is 29.6 Å². The normalized spacial score (nSPS) is 21.9. The van der Waals surface area contributed by atoms with Crippen molar-refractivity contribution in [1.29, 1.82) is 0 Å². The van der Waals surface area contributed by atoms with E-state index >= 15 is 0 Å². The van der Waals surface area contributed by atoms with Crippen LogP contribution in [-0.4, -0.2) is 58.3 Å². The fraction of sp³-hybridized carbons (Fsp3) is 0.360. The molecule has 0 unspecified atom stereocenters. The first-order valence-corrected chi connectivity index (χ1v) is 10.9. The van der Waals surface area contributed by atoms with Crippen molar-refractivity contribution in [1.82, 2.24) is 20.1 Å². The van der Waals surface area contributed by atoms with Crippen molar-refractivity contribution in [2.24, 2.45) is 0 Å². The van der Waals surface area contributed by atoms with E-state index in [9.17, 15) is 9.59 Å². The summed E-state index contributed by atoms with van der Waals surface area (Å²) in [6.45, 7) is 6.97. The summed E-state index contributed by atoms with van der Waals surface area (Å²) in [4.78, 5) is 33.5. The highest BCUT2D eigenvalue weighted by molar-refractivity contribution is 5.98. The van der Waals surface area contributed by atoms with Gasteiger partial charge in [0, 0.05) is 49.7 Å². The van der Waals surface area contributed by atoms with Crippen molar-refractivity contribution < 1.29 is 9.59 Å². The Morgan fingerprint density at radius 3 is 2.74 bits per heavy atom. The third-order valence-electron chi connectivity index (χ3n) is 6.66. The Hall–Kier alpha value is -3.12. The molecule has 0 saturated carbocycles. The van der Waals surface area contributed by atoms with Crippen LogP contribution < -0.4 is 5.32 Å². The van der Waals surface area contributed by atoms with Gasteiger partial charge in [-0.1, -0.05) is 42.0 Å². The van der Waals surface area contributed by atoms with Crippen LogP contribution in [0.3, 0.4) is 0 Å². The molecule has 3 aromatic rings. The SMILES string of the molecule is Cc1ccc(C)c(CN2CCN3C(=O)[C@H](Cc4c[nH]c5ccccc45)NC(=O)[C@H]3C2)c1. The first-order chi connectivity index (χ1) is 15.0. The van der Waals surface area contributed by atoms with Crippen LogP contribution in [0, 0.1) is 13.8 Å². The predicted octanol–water partition coefficient (Wildman–Crippen LogP) is 2.54. The average molecular weight is 417 g/mol. The van der Waals surface area contributed by atoms with Gasteiger partial charge in [-0.05, 0) is 36.6 Å². The van der Waals surface area contributed by atoms with Gasteiger partial charge >= 0.3 is 0 Å². The quantitative estimate of drug-likeness (QED) is 0.687. The Morgan fingerprint density at radius 1 is 1.03 bits per heavy atom. The van der Waals surface area contributed by atoms with E-state index in [1.165, 1.54) is 16.7 Å². The van der Waals surface area contributed by atoms with Crippen LogP contribution in [-0.2, 0) is 22.6 Å². The molecular formula is C25H28N4O2. The summed E-state index contributed by atoms with van der Waals surface area (Å²) in [6.07, 6.45) is 2.45. The number of fused-ring (bicyclic) bond motifs is 2. The summed E-state index contributed by atoms with van der Waals surface area (Å²) in [5.41, 5.74) is 5.89. The molecule has 31 heavy (non-hydrogen) atoms. The van der Waals surface area contributed by atoms with Crippen LogP contribution in [0.1, 0.15) is 22.3 Å². The number of amides is 2. The second-order valence-corrected chi connectivity index (χ2v) is 8.84. The van der Waals surface area contributed by atoms with Gasteiger partial charge < -0.3 is 15.2 Å². The number of aromatic nitrogens is 1. The largest absolute Gasteiger partial charge is 0.361 e. The molecule has 6 heteroatoms. The van der Waals surface area contributed by atoms with Gasteiger partial charge in [-0.2, -0.15) is 0 Å². The highest BCUT2D eigenvalue weighted by Gasteiger charge is 2.43. The van der Waals surface area contributed by atoms with Crippen LogP contribution in [0.2, 0.25) is 0 Å².